The molecule has 0 aromatic heterocycles. The lowest BCUT2D eigenvalue weighted by Gasteiger charge is -2.24. The van der Waals surface area contributed by atoms with E-state index in [9.17, 15) is 4.79 Å². The molecule has 1 atom stereocenters. The van der Waals surface area contributed by atoms with Crippen molar-refractivity contribution < 1.29 is 14.6 Å². The van der Waals surface area contributed by atoms with Crippen molar-refractivity contribution in [2.75, 3.05) is 6.54 Å². The molecule has 0 bridgehead atoms. The Kier molecular flexibility index (Phi) is 9.29. The first-order valence-electron chi connectivity index (χ1n) is 11.4. The van der Waals surface area contributed by atoms with Crippen molar-refractivity contribution in [3.05, 3.63) is 114 Å². The van der Waals surface area contributed by atoms with Gasteiger partial charge in [0.25, 0.3) is 0 Å². The van der Waals surface area contributed by atoms with Gasteiger partial charge in [-0.1, -0.05) is 91.6 Å². The van der Waals surface area contributed by atoms with Crippen LogP contribution in [0.3, 0.4) is 0 Å². The summed E-state index contributed by atoms with van der Waals surface area (Å²) in [6.07, 6.45) is 11.2. The van der Waals surface area contributed by atoms with Crippen molar-refractivity contribution >= 4 is 24.1 Å². The first-order chi connectivity index (χ1) is 16.5. The molecule has 0 radical (unpaired) electrons. The van der Waals surface area contributed by atoms with E-state index in [1.807, 2.05) is 79.7 Å². The van der Waals surface area contributed by atoms with Gasteiger partial charge >= 0.3 is 0 Å². The first kappa shape index (κ1) is 24.6. The molecule has 174 valence electrons. The predicted octanol–water partition coefficient (Wildman–Crippen LogP) is 6.80. The number of benzene rings is 3. The van der Waals surface area contributed by atoms with Crippen LogP contribution in [0.25, 0.3) is 18.2 Å². The molecule has 1 aliphatic heterocycles. The van der Waals surface area contributed by atoms with Crippen molar-refractivity contribution in [1.82, 2.24) is 4.90 Å². The standard InChI is InChI=1S/C16H14O.C14H17NO2/c17-16-12-10-15(11-13-16)9-5-4-8-14-6-2-1-3-7-14;1-3-12-6-8-13(9-7-12)17-11(2)15-10-4-5-14(15)16/h1-13,17H;3,6-9,11H,1,4-5,10H2,2H3. The zero-order valence-corrected chi connectivity index (χ0v) is 19.5. The maximum absolute atomic E-state index is 11.5. The number of carbonyl (C=O) groups excluding carboxylic acids is 1. The molecule has 1 aliphatic rings. The van der Waals surface area contributed by atoms with Crippen molar-refractivity contribution in [2.45, 2.75) is 26.0 Å². The van der Waals surface area contributed by atoms with Crippen LogP contribution in [-0.4, -0.2) is 28.7 Å². The molecule has 3 aromatic carbocycles. The molecule has 1 saturated heterocycles. The second-order valence-electron chi connectivity index (χ2n) is 7.90. The van der Waals surface area contributed by atoms with E-state index in [1.165, 1.54) is 5.56 Å². The highest BCUT2D eigenvalue weighted by Gasteiger charge is 2.25. The van der Waals surface area contributed by atoms with E-state index in [1.54, 1.807) is 23.1 Å². The summed E-state index contributed by atoms with van der Waals surface area (Å²) in [6.45, 7) is 6.40. The van der Waals surface area contributed by atoms with Crippen LogP contribution in [0.1, 0.15) is 36.5 Å². The van der Waals surface area contributed by atoms with Gasteiger partial charge in [0, 0.05) is 13.0 Å². The molecule has 1 N–H and O–H groups in total. The Bertz CT molecular complexity index is 1100. The van der Waals surface area contributed by atoms with Crippen molar-refractivity contribution in [3.63, 3.8) is 0 Å². The monoisotopic (exact) mass is 453 g/mol. The molecule has 1 amide bonds. The molecular weight excluding hydrogens is 422 g/mol. The summed E-state index contributed by atoms with van der Waals surface area (Å²) < 4.78 is 5.74. The molecule has 4 heteroatoms. The van der Waals surface area contributed by atoms with E-state index in [0.717, 1.165) is 29.8 Å². The smallest absolute Gasteiger partial charge is 0.225 e. The van der Waals surface area contributed by atoms with Gasteiger partial charge in [-0.15, -0.1) is 0 Å². The number of hydrogen-bond acceptors (Lipinski definition) is 3. The Hall–Kier alpha value is -4.05. The maximum Gasteiger partial charge on any atom is 0.225 e. The van der Waals surface area contributed by atoms with Gasteiger partial charge in [-0.3, -0.25) is 4.79 Å². The minimum atomic E-state index is -0.195. The largest absolute Gasteiger partial charge is 0.508 e. The first-order valence-corrected chi connectivity index (χ1v) is 11.4. The fourth-order valence-corrected chi connectivity index (χ4v) is 3.48. The quantitative estimate of drug-likeness (QED) is 0.401. The van der Waals surface area contributed by atoms with Gasteiger partial charge in [-0.2, -0.15) is 0 Å². The topological polar surface area (TPSA) is 49.8 Å². The van der Waals surface area contributed by atoms with Gasteiger partial charge in [0.1, 0.15) is 11.5 Å². The SMILES string of the molecule is C=Cc1ccc(OC(C)N2CCCC2=O)cc1.Oc1ccc(C=CC=Cc2ccccc2)cc1. The number of carbonyl (C=O) groups is 1. The summed E-state index contributed by atoms with van der Waals surface area (Å²) in [5, 5.41) is 9.14. The summed E-state index contributed by atoms with van der Waals surface area (Å²) in [5.41, 5.74) is 3.31. The number of allylic oxidation sites excluding steroid dienone is 2. The Morgan fingerprint density at radius 2 is 1.47 bits per heavy atom. The van der Waals surface area contributed by atoms with E-state index in [4.69, 9.17) is 9.84 Å². The number of nitrogens with zero attached hydrogens (tertiary/aromatic N) is 1. The Morgan fingerprint density at radius 1 is 0.882 bits per heavy atom. The van der Waals surface area contributed by atoms with Crippen LogP contribution in [0, 0.1) is 0 Å². The summed E-state index contributed by atoms with van der Waals surface area (Å²) in [4.78, 5) is 13.3. The summed E-state index contributed by atoms with van der Waals surface area (Å²) in [5.74, 6) is 1.25. The Morgan fingerprint density at radius 3 is 2.03 bits per heavy atom. The Labute approximate surface area is 202 Å². The number of phenols is 1. The van der Waals surface area contributed by atoms with Crippen LogP contribution in [0.5, 0.6) is 11.5 Å². The summed E-state index contributed by atoms with van der Waals surface area (Å²) in [7, 11) is 0. The number of amides is 1. The van der Waals surface area contributed by atoms with E-state index < -0.39 is 0 Å². The van der Waals surface area contributed by atoms with Gasteiger partial charge in [-0.25, -0.2) is 0 Å². The third kappa shape index (κ3) is 7.82. The minimum Gasteiger partial charge on any atom is -0.508 e. The number of rotatable bonds is 7. The van der Waals surface area contributed by atoms with Crippen LogP contribution < -0.4 is 4.74 Å². The van der Waals surface area contributed by atoms with Gasteiger partial charge in [-0.05, 0) is 54.3 Å². The molecule has 0 saturated carbocycles. The third-order valence-electron chi connectivity index (χ3n) is 5.35. The van der Waals surface area contributed by atoms with Crippen molar-refractivity contribution in [1.29, 1.82) is 0 Å². The normalized spacial score (nSPS) is 14.1. The molecule has 1 unspecified atom stereocenters. The maximum atomic E-state index is 11.5. The molecular formula is C30H31NO3. The van der Waals surface area contributed by atoms with Crippen LogP contribution >= 0.6 is 0 Å². The third-order valence-corrected chi connectivity index (χ3v) is 5.35. The highest BCUT2D eigenvalue weighted by Crippen LogP contribution is 2.19. The number of likely N-dealkylation sites (tertiary alicyclic amines) is 1. The lowest BCUT2D eigenvalue weighted by molar-refractivity contribution is -0.134. The summed E-state index contributed by atoms with van der Waals surface area (Å²) >= 11 is 0. The van der Waals surface area contributed by atoms with E-state index >= 15 is 0 Å². The molecule has 1 fully saturated rings. The van der Waals surface area contributed by atoms with Gasteiger partial charge in [0.2, 0.25) is 5.91 Å². The highest BCUT2D eigenvalue weighted by molar-refractivity contribution is 5.78. The highest BCUT2D eigenvalue weighted by atomic mass is 16.5. The average Bonchev–Trinajstić information content (AvgIpc) is 3.30. The molecule has 34 heavy (non-hydrogen) atoms. The molecule has 4 rings (SSSR count). The van der Waals surface area contributed by atoms with Gasteiger partial charge < -0.3 is 14.7 Å². The van der Waals surface area contributed by atoms with E-state index in [0.29, 0.717) is 12.2 Å². The van der Waals surface area contributed by atoms with Gasteiger partial charge in [0.15, 0.2) is 6.23 Å². The number of hydrogen-bond donors (Lipinski definition) is 1. The second-order valence-corrected chi connectivity index (χ2v) is 7.90. The molecule has 3 aromatic rings. The van der Waals surface area contributed by atoms with Crippen molar-refractivity contribution in [2.24, 2.45) is 0 Å². The summed E-state index contributed by atoms with van der Waals surface area (Å²) in [6, 6.07) is 25.0. The van der Waals surface area contributed by atoms with Crippen LogP contribution in [-0.2, 0) is 4.79 Å². The number of ether oxygens (including phenoxy) is 1. The fraction of sp³-hybridized carbons (Fsp3) is 0.167. The van der Waals surface area contributed by atoms with Crippen LogP contribution in [0.2, 0.25) is 0 Å². The minimum absolute atomic E-state index is 0.181. The molecule has 4 nitrogen and oxygen atoms in total. The molecule has 0 aliphatic carbocycles. The fourth-order valence-electron chi connectivity index (χ4n) is 3.48. The average molecular weight is 454 g/mol. The zero-order valence-electron chi connectivity index (χ0n) is 19.5. The number of phenolic OH excluding ortho intramolecular Hbond substituents is 1. The Balaban J connectivity index is 0.000000191. The second kappa shape index (κ2) is 12.9. The zero-order chi connectivity index (χ0) is 24.2. The predicted molar refractivity (Wildman–Crippen MR) is 140 cm³/mol. The number of aromatic hydroxyl groups is 1. The lowest BCUT2D eigenvalue weighted by Crippen LogP contribution is -2.37. The molecule has 1 heterocycles. The van der Waals surface area contributed by atoms with E-state index in [2.05, 4.69) is 24.8 Å². The van der Waals surface area contributed by atoms with Crippen LogP contribution in [0.15, 0.2) is 97.6 Å². The van der Waals surface area contributed by atoms with Gasteiger partial charge in [0.05, 0.1) is 0 Å². The molecule has 0 spiro atoms. The van der Waals surface area contributed by atoms with Crippen molar-refractivity contribution in [3.8, 4) is 11.5 Å². The van der Waals surface area contributed by atoms with Crippen LogP contribution in [0.4, 0.5) is 0 Å². The lowest BCUT2D eigenvalue weighted by atomic mass is 10.2. The van der Waals surface area contributed by atoms with E-state index in [-0.39, 0.29) is 12.1 Å².